The molecule has 0 saturated carbocycles. The van der Waals surface area contributed by atoms with E-state index >= 15 is 0 Å². The molecule has 0 atom stereocenters. The highest BCUT2D eigenvalue weighted by atomic mass is 19.1. The van der Waals surface area contributed by atoms with E-state index in [2.05, 4.69) is 6.58 Å². The molecular formula is C14H21FN2. The standard InChI is InChI=1S/C14H21FN2/c1-9(2)12-7-11(14(5,6)15)8-17(10(3)4)13(12)16/h7-9,16H,3H2,1-2,4-6H3. The molecule has 0 spiro atoms. The number of alkyl halides is 1. The van der Waals surface area contributed by atoms with Crippen molar-refractivity contribution in [2.75, 3.05) is 0 Å². The first-order chi connectivity index (χ1) is 7.64. The molecule has 1 heterocycles. The van der Waals surface area contributed by atoms with Crippen LogP contribution in [0.25, 0.3) is 5.70 Å². The van der Waals surface area contributed by atoms with Crippen molar-refractivity contribution in [3.8, 4) is 0 Å². The predicted octanol–water partition coefficient (Wildman–Crippen LogP) is 3.79. The Morgan fingerprint density at radius 1 is 1.47 bits per heavy atom. The molecule has 0 unspecified atom stereocenters. The lowest BCUT2D eigenvalue weighted by molar-refractivity contribution is 0.220. The first kappa shape index (κ1) is 13.7. The molecule has 0 saturated heterocycles. The summed E-state index contributed by atoms with van der Waals surface area (Å²) in [5.74, 6) is 0.190. The largest absolute Gasteiger partial charge is 0.306 e. The summed E-state index contributed by atoms with van der Waals surface area (Å²) in [4.78, 5) is 0. The first-order valence-corrected chi connectivity index (χ1v) is 5.81. The molecule has 17 heavy (non-hydrogen) atoms. The maximum atomic E-state index is 14.0. The summed E-state index contributed by atoms with van der Waals surface area (Å²) in [5.41, 5.74) is 1.13. The van der Waals surface area contributed by atoms with Gasteiger partial charge in [0, 0.05) is 17.5 Å². The molecule has 0 bridgehead atoms. The Hall–Kier alpha value is -1.38. The number of aromatic nitrogens is 1. The lowest BCUT2D eigenvalue weighted by atomic mass is 9.96. The van der Waals surface area contributed by atoms with Crippen molar-refractivity contribution < 1.29 is 4.39 Å². The zero-order valence-corrected chi connectivity index (χ0v) is 11.3. The van der Waals surface area contributed by atoms with Gasteiger partial charge in [0.2, 0.25) is 0 Å². The van der Waals surface area contributed by atoms with E-state index in [1.165, 1.54) is 13.8 Å². The average Bonchev–Trinajstić information content (AvgIpc) is 2.14. The van der Waals surface area contributed by atoms with Gasteiger partial charge >= 0.3 is 0 Å². The highest BCUT2D eigenvalue weighted by Crippen LogP contribution is 2.26. The third kappa shape index (κ3) is 2.84. The van der Waals surface area contributed by atoms with Crippen LogP contribution in [-0.2, 0) is 5.67 Å². The van der Waals surface area contributed by atoms with E-state index < -0.39 is 5.67 Å². The van der Waals surface area contributed by atoms with Crippen LogP contribution in [-0.4, -0.2) is 4.57 Å². The van der Waals surface area contributed by atoms with Gasteiger partial charge in [0.25, 0.3) is 0 Å². The van der Waals surface area contributed by atoms with Crippen LogP contribution in [0.1, 0.15) is 51.7 Å². The zero-order valence-electron chi connectivity index (χ0n) is 11.3. The van der Waals surface area contributed by atoms with Crippen LogP contribution >= 0.6 is 0 Å². The Morgan fingerprint density at radius 3 is 2.35 bits per heavy atom. The summed E-state index contributed by atoms with van der Waals surface area (Å²) in [5, 5.41) is 8.09. The molecule has 0 aliphatic carbocycles. The van der Waals surface area contributed by atoms with E-state index in [0.717, 1.165) is 11.3 Å². The van der Waals surface area contributed by atoms with Gasteiger partial charge in [0.05, 0.1) is 0 Å². The van der Waals surface area contributed by atoms with Crippen molar-refractivity contribution in [3.63, 3.8) is 0 Å². The normalized spacial score (nSPS) is 11.9. The highest BCUT2D eigenvalue weighted by molar-refractivity contribution is 5.41. The minimum absolute atomic E-state index is 0.190. The van der Waals surface area contributed by atoms with Gasteiger partial charge in [-0.25, -0.2) is 4.39 Å². The fraction of sp³-hybridized carbons (Fsp3) is 0.500. The molecule has 0 aromatic carbocycles. The monoisotopic (exact) mass is 236 g/mol. The Morgan fingerprint density at radius 2 is 2.00 bits per heavy atom. The Balaban J connectivity index is 3.60. The number of hydrogen-bond donors (Lipinski definition) is 1. The molecule has 1 rings (SSSR count). The van der Waals surface area contributed by atoms with Crippen molar-refractivity contribution in [2.24, 2.45) is 0 Å². The van der Waals surface area contributed by atoms with Crippen LogP contribution < -0.4 is 5.49 Å². The zero-order chi connectivity index (χ0) is 13.4. The number of halogens is 1. The van der Waals surface area contributed by atoms with Crippen LogP contribution in [0, 0.1) is 5.41 Å². The summed E-state index contributed by atoms with van der Waals surface area (Å²) < 4.78 is 15.7. The van der Waals surface area contributed by atoms with Gasteiger partial charge < -0.3 is 4.57 Å². The topological polar surface area (TPSA) is 28.8 Å². The Kier molecular flexibility index (Phi) is 3.60. The van der Waals surface area contributed by atoms with Gasteiger partial charge in [0.1, 0.15) is 11.2 Å². The summed E-state index contributed by atoms with van der Waals surface area (Å²) >= 11 is 0. The van der Waals surface area contributed by atoms with Gasteiger partial charge in [-0.1, -0.05) is 20.4 Å². The molecule has 0 fully saturated rings. The number of nitrogens with one attached hydrogen (secondary N) is 1. The first-order valence-electron chi connectivity index (χ1n) is 5.81. The molecule has 0 aliphatic heterocycles. The maximum absolute atomic E-state index is 14.0. The molecule has 2 nitrogen and oxygen atoms in total. The molecule has 1 aromatic rings. The van der Waals surface area contributed by atoms with Crippen molar-refractivity contribution in [1.29, 1.82) is 5.41 Å². The number of pyridine rings is 1. The van der Waals surface area contributed by atoms with Crippen LogP contribution in [0.3, 0.4) is 0 Å². The summed E-state index contributed by atoms with van der Waals surface area (Å²) in [7, 11) is 0. The van der Waals surface area contributed by atoms with Gasteiger partial charge in [-0.05, 0) is 38.3 Å². The number of hydrogen-bond acceptors (Lipinski definition) is 1. The fourth-order valence-electron chi connectivity index (χ4n) is 1.68. The van der Waals surface area contributed by atoms with E-state index in [4.69, 9.17) is 5.41 Å². The van der Waals surface area contributed by atoms with Gasteiger partial charge in [-0.15, -0.1) is 0 Å². The minimum Gasteiger partial charge on any atom is -0.306 e. The molecule has 1 N–H and O–H groups in total. The number of rotatable bonds is 3. The summed E-state index contributed by atoms with van der Waals surface area (Å²) in [6.07, 6.45) is 1.66. The lowest BCUT2D eigenvalue weighted by Gasteiger charge is -2.20. The molecule has 1 aromatic heterocycles. The molecule has 3 heteroatoms. The molecule has 94 valence electrons. The quantitative estimate of drug-likeness (QED) is 0.827. The van der Waals surface area contributed by atoms with Crippen LogP contribution in [0.4, 0.5) is 4.39 Å². The summed E-state index contributed by atoms with van der Waals surface area (Å²) in [6.45, 7) is 12.7. The third-order valence-corrected chi connectivity index (χ3v) is 2.81. The van der Waals surface area contributed by atoms with Crippen LogP contribution in [0.5, 0.6) is 0 Å². The number of nitrogens with zero attached hydrogens (tertiary/aromatic N) is 1. The molecule has 0 aliphatic rings. The third-order valence-electron chi connectivity index (χ3n) is 2.81. The SMILES string of the molecule is C=C(C)n1cc(C(C)(C)F)cc(C(C)C)c1=N. The van der Waals surface area contributed by atoms with Crippen LogP contribution in [0.15, 0.2) is 18.8 Å². The van der Waals surface area contributed by atoms with Gasteiger partial charge in [0.15, 0.2) is 0 Å². The van der Waals surface area contributed by atoms with Crippen molar-refractivity contribution in [2.45, 2.75) is 46.2 Å². The smallest absolute Gasteiger partial charge is 0.132 e. The average molecular weight is 236 g/mol. The van der Waals surface area contributed by atoms with E-state index in [0.29, 0.717) is 11.1 Å². The van der Waals surface area contributed by atoms with E-state index in [1.54, 1.807) is 16.8 Å². The number of allylic oxidation sites excluding steroid dienone is 1. The lowest BCUT2D eigenvalue weighted by Crippen LogP contribution is -2.26. The molecule has 0 amide bonds. The minimum atomic E-state index is -1.41. The molecule has 0 radical (unpaired) electrons. The van der Waals surface area contributed by atoms with Gasteiger partial charge in [-0.2, -0.15) is 0 Å². The summed E-state index contributed by atoms with van der Waals surface area (Å²) in [6, 6.07) is 1.78. The maximum Gasteiger partial charge on any atom is 0.132 e. The fourth-order valence-corrected chi connectivity index (χ4v) is 1.68. The van der Waals surface area contributed by atoms with Gasteiger partial charge in [-0.3, -0.25) is 5.41 Å². The van der Waals surface area contributed by atoms with Crippen molar-refractivity contribution in [3.05, 3.63) is 35.5 Å². The van der Waals surface area contributed by atoms with Crippen molar-refractivity contribution >= 4 is 5.70 Å². The van der Waals surface area contributed by atoms with Crippen molar-refractivity contribution in [1.82, 2.24) is 4.57 Å². The second kappa shape index (κ2) is 4.47. The Labute approximate surface area is 102 Å². The van der Waals surface area contributed by atoms with Crippen LogP contribution in [0.2, 0.25) is 0 Å². The Bertz CT molecular complexity index is 490. The molecular weight excluding hydrogens is 215 g/mol. The van der Waals surface area contributed by atoms with E-state index in [1.807, 2.05) is 20.8 Å². The van der Waals surface area contributed by atoms with E-state index in [9.17, 15) is 4.39 Å². The highest BCUT2D eigenvalue weighted by Gasteiger charge is 2.21. The second-order valence-corrected chi connectivity index (χ2v) is 5.27. The predicted molar refractivity (Wildman–Crippen MR) is 69.5 cm³/mol. The second-order valence-electron chi connectivity index (χ2n) is 5.27. The van der Waals surface area contributed by atoms with E-state index in [-0.39, 0.29) is 5.92 Å².